The molecular weight excluding hydrogens is 308 g/mol. The van der Waals surface area contributed by atoms with Crippen LogP contribution in [0.1, 0.15) is 29.3 Å². The number of carbonyl (C=O) groups is 1. The van der Waals surface area contributed by atoms with E-state index in [-0.39, 0.29) is 5.91 Å². The zero-order chi connectivity index (χ0) is 16.9. The van der Waals surface area contributed by atoms with Gasteiger partial charge in [0.25, 0.3) is 5.91 Å². The molecule has 0 fully saturated rings. The second kappa shape index (κ2) is 6.91. The Morgan fingerprint density at radius 1 is 1.25 bits per heavy atom. The molecule has 0 saturated carbocycles. The largest absolute Gasteiger partial charge is 0.497 e. The lowest BCUT2D eigenvalue weighted by molar-refractivity contribution is 0.0927. The number of aromatic nitrogens is 3. The summed E-state index contributed by atoms with van der Waals surface area (Å²) in [7, 11) is 1.59. The maximum atomic E-state index is 12.1. The number of pyridine rings is 1. The standard InChI is InChI=1S/C17H16N4O3/c1-11(19-16(22)14-8-3-4-9-18-14)17-20-15(21-24-17)12-6-5-7-13(10-12)23-2/h3-11H,1-2H3,(H,19,22)/t11-/m0/s1. The number of carbonyl (C=O) groups excluding carboxylic acids is 1. The van der Waals surface area contributed by atoms with Crippen molar-refractivity contribution in [1.82, 2.24) is 20.4 Å². The molecule has 1 aromatic carbocycles. The molecule has 24 heavy (non-hydrogen) atoms. The topological polar surface area (TPSA) is 90.1 Å². The SMILES string of the molecule is COc1cccc(-c2noc([C@H](C)NC(=O)c3ccccn3)n2)c1. The summed E-state index contributed by atoms with van der Waals surface area (Å²) in [4.78, 5) is 20.4. The minimum atomic E-state index is -0.439. The number of methoxy groups -OCH3 is 1. The van der Waals surface area contributed by atoms with Crippen LogP contribution < -0.4 is 10.1 Å². The van der Waals surface area contributed by atoms with Gasteiger partial charge in [-0.2, -0.15) is 4.98 Å². The third-order valence-corrected chi connectivity index (χ3v) is 3.39. The molecule has 2 heterocycles. The van der Waals surface area contributed by atoms with E-state index in [1.54, 1.807) is 38.4 Å². The Morgan fingerprint density at radius 2 is 2.12 bits per heavy atom. The monoisotopic (exact) mass is 324 g/mol. The van der Waals surface area contributed by atoms with Gasteiger partial charge in [0.15, 0.2) is 0 Å². The van der Waals surface area contributed by atoms with Crippen molar-refractivity contribution in [2.45, 2.75) is 13.0 Å². The molecule has 0 bridgehead atoms. The highest BCUT2D eigenvalue weighted by Crippen LogP contribution is 2.22. The summed E-state index contributed by atoms with van der Waals surface area (Å²) in [5.41, 5.74) is 1.10. The molecule has 2 aromatic heterocycles. The lowest BCUT2D eigenvalue weighted by Crippen LogP contribution is -2.27. The zero-order valence-electron chi connectivity index (χ0n) is 13.3. The highest BCUT2D eigenvalue weighted by Gasteiger charge is 2.18. The van der Waals surface area contributed by atoms with E-state index in [9.17, 15) is 4.79 Å². The van der Waals surface area contributed by atoms with Crippen LogP contribution in [-0.4, -0.2) is 28.1 Å². The molecule has 7 heteroatoms. The minimum Gasteiger partial charge on any atom is -0.497 e. The van der Waals surface area contributed by atoms with Gasteiger partial charge in [0.05, 0.1) is 7.11 Å². The second-order valence-electron chi connectivity index (χ2n) is 5.10. The molecule has 0 aliphatic heterocycles. The van der Waals surface area contributed by atoms with Crippen LogP contribution in [0, 0.1) is 0 Å². The fourth-order valence-corrected chi connectivity index (χ4v) is 2.12. The van der Waals surface area contributed by atoms with Crippen molar-refractivity contribution in [3.63, 3.8) is 0 Å². The van der Waals surface area contributed by atoms with Gasteiger partial charge in [0, 0.05) is 11.8 Å². The highest BCUT2D eigenvalue weighted by atomic mass is 16.5. The fourth-order valence-electron chi connectivity index (χ4n) is 2.12. The molecule has 0 radical (unpaired) electrons. The number of amides is 1. The van der Waals surface area contributed by atoms with Gasteiger partial charge in [-0.1, -0.05) is 23.4 Å². The minimum absolute atomic E-state index is 0.302. The first-order valence-electron chi connectivity index (χ1n) is 7.37. The van der Waals surface area contributed by atoms with Crippen LogP contribution in [0.25, 0.3) is 11.4 Å². The number of rotatable bonds is 5. The van der Waals surface area contributed by atoms with E-state index in [1.807, 2.05) is 24.3 Å². The van der Waals surface area contributed by atoms with Crippen molar-refractivity contribution in [3.05, 3.63) is 60.2 Å². The van der Waals surface area contributed by atoms with Crippen molar-refractivity contribution < 1.29 is 14.1 Å². The lowest BCUT2D eigenvalue weighted by atomic mass is 10.2. The summed E-state index contributed by atoms with van der Waals surface area (Å²) in [5.74, 6) is 1.15. The number of nitrogens with zero attached hydrogens (tertiary/aromatic N) is 3. The second-order valence-corrected chi connectivity index (χ2v) is 5.10. The van der Waals surface area contributed by atoms with E-state index >= 15 is 0 Å². The Morgan fingerprint density at radius 3 is 2.88 bits per heavy atom. The van der Waals surface area contributed by atoms with E-state index in [0.717, 1.165) is 5.56 Å². The van der Waals surface area contributed by atoms with Gasteiger partial charge in [-0.25, -0.2) is 0 Å². The summed E-state index contributed by atoms with van der Waals surface area (Å²) >= 11 is 0. The summed E-state index contributed by atoms with van der Waals surface area (Å²) in [5, 5.41) is 6.73. The molecule has 0 unspecified atom stereocenters. The van der Waals surface area contributed by atoms with Crippen molar-refractivity contribution in [2.24, 2.45) is 0 Å². The van der Waals surface area contributed by atoms with Gasteiger partial charge in [0.1, 0.15) is 17.5 Å². The van der Waals surface area contributed by atoms with E-state index in [4.69, 9.17) is 9.26 Å². The first-order chi connectivity index (χ1) is 11.7. The molecule has 3 aromatic rings. The molecule has 1 amide bonds. The van der Waals surface area contributed by atoms with Gasteiger partial charge in [-0.3, -0.25) is 9.78 Å². The average molecular weight is 324 g/mol. The number of ether oxygens (including phenoxy) is 1. The smallest absolute Gasteiger partial charge is 0.270 e. The molecule has 122 valence electrons. The summed E-state index contributed by atoms with van der Waals surface area (Å²) in [6, 6.07) is 12.0. The van der Waals surface area contributed by atoms with Gasteiger partial charge in [0.2, 0.25) is 11.7 Å². The van der Waals surface area contributed by atoms with Crippen LogP contribution in [0.2, 0.25) is 0 Å². The van der Waals surface area contributed by atoms with Crippen molar-refractivity contribution in [1.29, 1.82) is 0 Å². The molecule has 0 saturated heterocycles. The van der Waals surface area contributed by atoms with E-state index in [2.05, 4.69) is 20.4 Å². The van der Waals surface area contributed by atoms with Gasteiger partial charge in [-0.05, 0) is 31.2 Å². The molecule has 0 spiro atoms. The Hall–Kier alpha value is -3.22. The third kappa shape index (κ3) is 3.40. The summed E-state index contributed by atoms with van der Waals surface area (Å²) < 4.78 is 10.4. The van der Waals surface area contributed by atoms with Crippen molar-refractivity contribution >= 4 is 5.91 Å². The van der Waals surface area contributed by atoms with Gasteiger partial charge < -0.3 is 14.6 Å². The summed E-state index contributed by atoms with van der Waals surface area (Å²) in [6.45, 7) is 1.77. The van der Waals surface area contributed by atoms with Gasteiger partial charge >= 0.3 is 0 Å². The van der Waals surface area contributed by atoms with Crippen LogP contribution >= 0.6 is 0 Å². The Balaban J connectivity index is 1.74. The van der Waals surface area contributed by atoms with Crippen molar-refractivity contribution in [2.75, 3.05) is 7.11 Å². The van der Waals surface area contributed by atoms with Crippen LogP contribution in [0.4, 0.5) is 0 Å². The first-order valence-corrected chi connectivity index (χ1v) is 7.37. The predicted molar refractivity (Wildman–Crippen MR) is 86.4 cm³/mol. The Kier molecular flexibility index (Phi) is 4.51. The predicted octanol–water partition coefficient (Wildman–Crippen LogP) is 2.63. The Labute approximate surface area is 138 Å². The quantitative estimate of drug-likeness (QED) is 0.776. The maximum absolute atomic E-state index is 12.1. The molecule has 1 N–H and O–H groups in total. The third-order valence-electron chi connectivity index (χ3n) is 3.39. The Bertz CT molecular complexity index is 833. The van der Waals surface area contributed by atoms with Gasteiger partial charge in [-0.15, -0.1) is 0 Å². The lowest BCUT2D eigenvalue weighted by Gasteiger charge is -2.08. The summed E-state index contributed by atoms with van der Waals surface area (Å²) in [6.07, 6.45) is 1.56. The number of hydrogen-bond acceptors (Lipinski definition) is 6. The van der Waals surface area contributed by atoms with Crippen LogP contribution in [0.5, 0.6) is 5.75 Å². The molecular formula is C17H16N4O3. The molecule has 3 rings (SSSR count). The van der Waals surface area contributed by atoms with Crippen LogP contribution in [0.3, 0.4) is 0 Å². The van der Waals surface area contributed by atoms with E-state index in [1.165, 1.54) is 0 Å². The zero-order valence-corrected chi connectivity index (χ0v) is 13.3. The number of hydrogen-bond donors (Lipinski definition) is 1. The van der Waals surface area contributed by atoms with E-state index in [0.29, 0.717) is 23.2 Å². The molecule has 0 aliphatic carbocycles. The molecule has 7 nitrogen and oxygen atoms in total. The number of nitrogens with one attached hydrogen (secondary N) is 1. The highest BCUT2D eigenvalue weighted by molar-refractivity contribution is 5.92. The van der Waals surface area contributed by atoms with E-state index < -0.39 is 6.04 Å². The average Bonchev–Trinajstić information content (AvgIpc) is 3.13. The van der Waals surface area contributed by atoms with Crippen LogP contribution in [0.15, 0.2) is 53.2 Å². The first kappa shape index (κ1) is 15.7. The van der Waals surface area contributed by atoms with Crippen molar-refractivity contribution in [3.8, 4) is 17.1 Å². The maximum Gasteiger partial charge on any atom is 0.270 e. The fraction of sp³-hybridized carbons (Fsp3) is 0.176. The van der Waals surface area contributed by atoms with Crippen LogP contribution in [-0.2, 0) is 0 Å². The number of benzene rings is 1. The normalized spacial score (nSPS) is 11.8. The molecule has 0 aliphatic rings. The molecule has 1 atom stereocenters.